The van der Waals surface area contributed by atoms with Crippen molar-refractivity contribution in [2.24, 2.45) is 4.52 Å². The van der Waals surface area contributed by atoms with Crippen molar-refractivity contribution in [1.29, 1.82) is 0 Å². The molecule has 0 aliphatic heterocycles. The third kappa shape index (κ3) is 5.61. The van der Waals surface area contributed by atoms with Crippen LogP contribution in [0.2, 0.25) is 0 Å². The van der Waals surface area contributed by atoms with Gasteiger partial charge < -0.3 is 5.32 Å². The van der Waals surface area contributed by atoms with Crippen molar-refractivity contribution in [3.63, 3.8) is 0 Å². The molecule has 23 heavy (non-hydrogen) atoms. The Balaban J connectivity index is 1.77. The molecule has 0 amide bonds. The van der Waals surface area contributed by atoms with Crippen LogP contribution in [0.3, 0.4) is 0 Å². The lowest BCUT2D eigenvalue weighted by Crippen LogP contribution is -2.16. The minimum absolute atomic E-state index is 0.00122. The van der Waals surface area contributed by atoms with E-state index in [9.17, 15) is 8.42 Å². The topological polar surface area (TPSA) is 94.9 Å². The van der Waals surface area contributed by atoms with Gasteiger partial charge >= 0.3 is 0 Å². The van der Waals surface area contributed by atoms with Gasteiger partial charge in [-0.25, -0.2) is 8.42 Å². The molecule has 0 saturated carbocycles. The summed E-state index contributed by atoms with van der Waals surface area (Å²) in [5, 5.41) is 3.30. The Morgan fingerprint density at radius 3 is 2.43 bits per heavy atom. The van der Waals surface area contributed by atoms with E-state index in [1.54, 1.807) is 23.9 Å². The second kappa shape index (κ2) is 8.59. The summed E-state index contributed by atoms with van der Waals surface area (Å²) >= 11 is 1.78. The average Bonchev–Trinajstić information content (AvgIpc) is 2.56. The van der Waals surface area contributed by atoms with E-state index in [0.29, 0.717) is 6.54 Å². The number of thioether (sulfide) groups is 1. The lowest BCUT2D eigenvalue weighted by Gasteiger charge is -2.06. The quantitative estimate of drug-likeness (QED) is 0.259. The maximum Gasteiger partial charge on any atom is 0.264 e. The molecule has 2 rings (SSSR count). The summed E-state index contributed by atoms with van der Waals surface area (Å²) in [6.07, 6.45) is 0. The van der Waals surface area contributed by atoms with Crippen LogP contribution in [0.25, 0.3) is 10.4 Å². The van der Waals surface area contributed by atoms with E-state index < -0.39 is 10.0 Å². The Kier molecular flexibility index (Phi) is 6.49. The summed E-state index contributed by atoms with van der Waals surface area (Å²) in [4.78, 5) is 3.56. The van der Waals surface area contributed by atoms with E-state index in [0.717, 1.165) is 17.9 Å². The third-order valence-corrected chi connectivity index (χ3v) is 5.15. The standard InChI is InChI=1S/C15H16N4O2S2/c16-18-19-23(20,21)15-8-6-13(7-9-15)12-17-10-11-22-14-4-2-1-3-5-14/h1-9,17H,10-12H2. The van der Waals surface area contributed by atoms with E-state index in [1.165, 1.54) is 17.0 Å². The molecule has 120 valence electrons. The summed E-state index contributed by atoms with van der Waals surface area (Å²) < 4.78 is 25.9. The zero-order valence-electron chi connectivity index (χ0n) is 12.3. The maximum atomic E-state index is 11.5. The van der Waals surface area contributed by atoms with Crippen LogP contribution in [0.1, 0.15) is 5.56 Å². The molecule has 0 radical (unpaired) electrons. The van der Waals surface area contributed by atoms with E-state index in [1.807, 2.05) is 18.2 Å². The van der Waals surface area contributed by atoms with Crippen molar-refractivity contribution >= 4 is 21.8 Å². The molecule has 1 N–H and O–H groups in total. The zero-order chi connectivity index (χ0) is 16.5. The number of nitrogens with one attached hydrogen (secondary N) is 1. The SMILES string of the molecule is [N-]=[N+]=NS(=O)(=O)c1ccc(CNCCSc2ccccc2)cc1. The lowest BCUT2D eigenvalue weighted by atomic mass is 10.2. The second-order valence-electron chi connectivity index (χ2n) is 4.63. The van der Waals surface area contributed by atoms with Crippen LogP contribution in [0.15, 0.2) is 68.9 Å². The predicted molar refractivity (Wildman–Crippen MR) is 91.6 cm³/mol. The van der Waals surface area contributed by atoms with Gasteiger partial charge in [-0.3, -0.25) is 0 Å². The zero-order valence-corrected chi connectivity index (χ0v) is 13.9. The van der Waals surface area contributed by atoms with Crippen molar-refractivity contribution in [2.45, 2.75) is 16.3 Å². The van der Waals surface area contributed by atoms with Gasteiger partial charge in [-0.05, 0) is 35.4 Å². The minimum atomic E-state index is -3.90. The summed E-state index contributed by atoms with van der Waals surface area (Å²) in [6, 6.07) is 16.5. The molecule has 0 aliphatic rings. The number of sulfonamides is 1. The number of hydrogen-bond donors (Lipinski definition) is 1. The van der Waals surface area contributed by atoms with Crippen molar-refractivity contribution in [3.8, 4) is 0 Å². The van der Waals surface area contributed by atoms with Gasteiger partial charge in [0, 0.05) is 33.2 Å². The van der Waals surface area contributed by atoms with Crippen molar-refractivity contribution < 1.29 is 8.42 Å². The Hall–Kier alpha value is -1.99. The van der Waals surface area contributed by atoms with Crippen LogP contribution in [-0.2, 0) is 16.6 Å². The Labute approximate surface area is 139 Å². The van der Waals surface area contributed by atoms with Crippen molar-refractivity contribution in [1.82, 2.24) is 5.32 Å². The van der Waals surface area contributed by atoms with Crippen molar-refractivity contribution in [3.05, 3.63) is 70.6 Å². The maximum absolute atomic E-state index is 11.5. The van der Waals surface area contributed by atoms with Crippen LogP contribution < -0.4 is 5.32 Å². The van der Waals surface area contributed by atoms with Crippen LogP contribution in [0, 0.1) is 0 Å². The molecule has 0 saturated heterocycles. The molecule has 0 aromatic heterocycles. The number of rotatable bonds is 8. The van der Waals surface area contributed by atoms with Gasteiger partial charge in [0.25, 0.3) is 10.0 Å². The van der Waals surface area contributed by atoms with Gasteiger partial charge in [0.2, 0.25) is 0 Å². The van der Waals surface area contributed by atoms with Gasteiger partial charge in [0.15, 0.2) is 0 Å². The van der Waals surface area contributed by atoms with Crippen LogP contribution >= 0.6 is 11.8 Å². The van der Waals surface area contributed by atoms with Gasteiger partial charge in [0.1, 0.15) is 0 Å². The van der Waals surface area contributed by atoms with Gasteiger partial charge in [-0.1, -0.05) is 30.3 Å². The fraction of sp³-hybridized carbons (Fsp3) is 0.200. The molecular formula is C15H16N4O2S2. The first kappa shape index (κ1) is 17.4. The van der Waals surface area contributed by atoms with Gasteiger partial charge in [-0.2, -0.15) is 0 Å². The summed E-state index contributed by atoms with van der Waals surface area (Å²) in [5.41, 5.74) is 9.20. The van der Waals surface area contributed by atoms with Gasteiger partial charge in [-0.15, -0.1) is 11.8 Å². The highest BCUT2D eigenvalue weighted by molar-refractivity contribution is 7.99. The predicted octanol–water partition coefficient (Wildman–Crippen LogP) is 3.57. The first-order valence-corrected chi connectivity index (χ1v) is 9.33. The Bertz CT molecular complexity index is 771. The first-order chi connectivity index (χ1) is 11.1. The highest BCUT2D eigenvalue weighted by atomic mass is 32.2. The normalized spacial score (nSPS) is 11.0. The Morgan fingerprint density at radius 1 is 1.09 bits per heavy atom. The van der Waals surface area contributed by atoms with Gasteiger partial charge in [0.05, 0.1) is 4.90 Å². The second-order valence-corrected chi connectivity index (χ2v) is 7.38. The summed E-state index contributed by atoms with van der Waals surface area (Å²) in [7, 11) is -3.90. The van der Waals surface area contributed by atoms with Crippen LogP contribution in [0.5, 0.6) is 0 Å². The van der Waals surface area contributed by atoms with Crippen LogP contribution in [0.4, 0.5) is 0 Å². The molecule has 6 nitrogen and oxygen atoms in total. The summed E-state index contributed by atoms with van der Waals surface area (Å²) in [6.45, 7) is 1.50. The first-order valence-electron chi connectivity index (χ1n) is 6.91. The summed E-state index contributed by atoms with van der Waals surface area (Å²) in [5.74, 6) is 0.952. The molecule has 0 spiro atoms. The molecule has 0 atom stereocenters. The fourth-order valence-corrected chi connectivity index (χ4v) is 3.37. The number of azide groups is 1. The van der Waals surface area contributed by atoms with E-state index in [-0.39, 0.29) is 4.90 Å². The number of nitrogens with zero attached hydrogens (tertiary/aromatic N) is 3. The number of benzene rings is 2. The van der Waals surface area contributed by atoms with Crippen LogP contribution in [-0.4, -0.2) is 20.7 Å². The highest BCUT2D eigenvalue weighted by Crippen LogP contribution is 2.16. The fourth-order valence-electron chi connectivity index (χ4n) is 1.86. The largest absolute Gasteiger partial charge is 0.312 e. The molecule has 2 aromatic rings. The molecule has 0 aliphatic carbocycles. The number of hydrogen-bond acceptors (Lipinski definition) is 4. The van der Waals surface area contributed by atoms with E-state index in [2.05, 4.69) is 26.9 Å². The third-order valence-electron chi connectivity index (χ3n) is 2.99. The Morgan fingerprint density at radius 2 is 1.78 bits per heavy atom. The highest BCUT2D eigenvalue weighted by Gasteiger charge is 2.10. The van der Waals surface area contributed by atoms with E-state index >= 15 is 0 Å². The molecule has 8 heteroatoms. The van der Waals surface area contributed by atoms with Crippen molar-refractivity contribution in [2.75, 3.05) is 12.3 Å². The monoisotopic (exact) mass is 348 g/mol. The molecular weight excluding hydrogens is 332 g/mol. The lowest BCUT2D eigenvalue weighted by molar-refractivity contribution is 0.597. The van der Waals surface area contributed by atoms with E-state index in [4.69, 9.17) is 5.53 Å². The molecule has 0 heterocycles. The molecule has 0 bridgehead atoms. The molecule has 0 unspecified atom stereocenters. The molecule has 0 fully saturated rings. The average molecular weight is 348 g/mol. The smallest absolute Gasteiger partial charge is 0.264 e. The minimum Gasteiger partial charge on any atom is -0.312 e. The molecule has 2 aromatic carbocycles.